The summed E-state index contributed by atoms with van der Waals surface area (Å²) >= 11 is 0. The second-order valence-electron chi connectivity index (χ2n) is 4.61. The van der Waals surface area contributed by atoms with Gasteiger partial charge in [0.2, 0.25) is 0 Å². The van der Waals surface area contributed by atoms with E-state index in [1.54, 1.807) is 13.1 Å². The Bertz CT molecular complexity index is 500. The van der Waals surface area contributed by atoms with Crippen LogP contribution in [-0.2, 0) is 9.84 Å². The Morgan fingerprint density at radius 1 is 1.39 bits per heavy atom. The minimum atomic E-state index is -2.93. The summed E-state index contributed by atoms with van der Waals surface area (Å²) in [6.45, 7) is 1.93. The molecule has 1 aromatic rings. The van der Waals surface area contributed by atoms with Crippen molar-refractivity contribution in [1.82, 2.24) is 5.32 Å². The van der Waals surface area contributed by atoms with E-state index in [-0.39, 0.29) is 17.6 Å². The molecule has 0 aliphatic rings. The first-order valence-corrected chi connectivity index (χ1v) is 8.00. The van der Waals surface area contributed by atoms with Crippen molar-refractivity contribution in [2.75, 3.05) is 19.1 Å². The molecule has 1 unspecified atom stereocenters. The zero-order chi connectivity index (χ0) is 13.8. The topological polar surface area (TPSA) is 46.2 Å². The predicted molar refractivity (Wildman–Crippen MR) is 71.9 cm³/mol. The molecule has 0 saturated carbocycles. The van der Waals surface area contributed by atoms with Crippen LogP contribution < -0.4 is 5.32 Å². The van der Waals surface area contributed by atoms with E-state index >= 15 is 0 Å². The lowest BCUT2D eigenvalue weighted by atomic mass is 9.98. The summed E-state index contributed by atoms with van der Waals surface area (Å²) in [6.07, 6.45) is 2.48. The Morgan fingerprint density at radius 3 is 2.61 bits per heavy atom. The number of nitrogens with one attached hydrogen (secondary N) is 1. The van der Waals surface area contributed by atoms with Crippen molar-refractivity contribution < 1.29 is 12.8 Å². The molecule has 1 aromatic carbocycles. The van der Waals surface area contributed by atoms with Crippen molar-refractivity contribution >= 4 is 9.84 Å². The number of aryl methyl sites for hydroxylation is 1. The van der Waals surface area contributed by atoms with E-state index in [1.807, 2.05) is 6.92 Å². The quantitative estimate of drug-likeness (QED) is 0.864. The maximum absolute atomic E-state index is 13.2. The van der Waals surface area contributed by atoms with Crippen LogP contribution in [0.15, 0.2) is 18.2 Å². The molecule has 1 rings (SSSR count). The van der Waals surface area contributed by atoms with Crippen molar-refractivity contribution in [3.63, 3.8) is 0 Å². The van der Waals surface area contributed by atoms with E-state index in [2.05, 4.69) is 5.32 Å². The fraction of sp³-hybridized carbons (Fsp3) is 0.538. The van der Waals surface area contributed by atoms with Crippen LogP contribution in [0.5, 0.6) is 0 Å². The van der Waals surface area contributed by atoms with Gasteiger partial charge in [0.15, 0.2) is 0 Å². The molecule has 0 aliphatic carbocycles. The van der Waals surface area contributed by atoms with Gasteiger partial charge in [0.1, 0.15) is 15.7 Å². The van der Waals surface area contributed by atoms with Crippen LogP contribution in [0.2, 0.25) is 0 Å². The van der Waals surface area contributed by atoms with Crippen LogP contribution >= 0.6 is 0 Å². The first-order valence-electron chi connectivity index (χ1n) is 5.94. The standard InChI is InChI=1S/C13H20FNO2S/c1-10-6-7-11(14)9-12(10)13(15-2)5-4-8-18(3,16)17/h6-7,9,13,15H,4-5,8H2,1-3H3. The number of hydrogen-bond acceptors (Lipinski definition) is 3. The van der Waals surface area contributed by atoms with Gasteiger partial charge in [0, 0.05) is 18.1 Å². The normalized spacial score (nSPS) is 13.6. The molecular formula is C13H20FNO2S. The molecule has 0 aliphatic heterocycles. The lowest BCUT2D eigenvalue weighted by molar-refractivity contribution is 0.528. The monoisotopic (exact) mass is 273 g/mol. The Labute approximate surface area is 108 Å². The summed E-state index contributed by atoms with van der Waals surface area (Å²) in [6, 6.07) is 4.67. The third-order valence-corrected chi connectivity index (χ3v) is 4.00. The highest BCUT2D eigenvalue weighted by molar-refractivity contribution is 7.90. The molecule has 0 heterocycles. The summed E-state index contributed by atoms with van der Waals surface area (Å²) in [5.74, 6) is -0.0986. The smallest absolute Gasteiger partial charge is 0.147 e. The van der Waals surface area contributed by atoms with Gasteiger partial charge >= 0.3 is 0 Å². The molecule has 0 fully saturated rings. The molecule has 5 heteroatoms. The summed E-state index contributed by atoms with van der Waals surface area (Å²) < 4.78 is 35.4. The first kappa shape index (κ1) is 15.1. The lowest BCUT2D eigenvalue weighted by Crippen LogP contribution is -2.18. The van der Waals surface area contributed by atoms with Gasteiger partial charge in [-0.25, -0.2) is 12.8 Å². The largest absolute Gasteiger partial charge is 0.313 e. The molecule has 0 spiro atoms. The third kappa shape index (κ3) is 4.74. The van der Waals surface area contributed by atoms with Crippen LogP contribution in [0.4, 0.5) is 4.39 Å². The average Bonchev–Trinajstić information content (AvgIpc) is 2.27. The van der Waals surface area contributed by atoms with E-state index in [9.17, 15) is 12.8 Å². The maximum Gasteiger partial charge on any atom is 0.147 e. The van der Waals surface area contributed by atoms with E-state index in [1.165, 1.54) is 18.4 Å². The fourth-order valence-electron chi connectivity index (χ4n) is 1.99. The summed E-state index contributed by atoms with van der Waals surface area (Å²) in [7, 11) is -1.13. The molecule has 3 nitrogen and oxygen atoms in total. The van der Waals surface area contributed by atoms with Gasteiger partial charge in [-0.3, -0.25) is 0 Å². The van der Waals surface area contributed by atoms with E-state index < -0.39 is 9.84 Å². The van der Waals surface area contributed by atoms with Crippen LogP contribution in [-0.4, -0.2) is 27.5 Å². The Morgan fingerprint density at radius 2 is 2.06 bits per heavy atom. The molecule has 0 aromatic heterocycles. The number of benzene rings is 1. The zero-order valence-corrected chi connectivity index (χ0v) is 11.8. The Hall–Kier alpha value is -0.940. The number of hydrogen-bond donors (Lipinski definition) is 1. The van der Waals surface area contributed by atoms with Crippen molar-refractivity contribution in [2.24, 2.45) is 0 Å². The molecule has 18 heavy (non-hydrogen) atoms. The highest BCUT2D eigenvalue weighted by Gasteiger charge is 2.13. The van der Waals surface area contributed by atoms with Crippen LogP contribution in [0, 0.1) is 12.7 Å². The van der Waals surface area contributed by atoms with Gasteiger partial charge in [-0.05, 0) is 50.1 Å². The average molecular weight is 273 g/mol. The third-order valence-electron chi connectivity index (χ3n) is 2.97. The van der Waals surface area contributed by atoms with Gasteiger partial charge in [-0.2, -0.15) is 0 Å². The lowest BCUT2D eigenvalue weighted by Gasteiger charge is -2.18. The molecule has 0 amide bonds. The predicted octanol–water partition coefficient (Wildman–Crippen LogP) is 2.22. The number of halogens is 1. The molecule has 102 valence electrons. The Kier molecular flexibility index (Phi) is 5.28. The van der Waals surface area contributed by atoms with E-state index in [0.29, 0.717) is 12.8 Å². The molecular weight excluding hydrogens is 253 g/mol. The highest BCUT2D eigenvalue weighted by Crippen LogP contribution is 2.22. The van der Waals surface area contributed by atoms with Crippen molar-refractivity contribution in [3.8, 4) is 0 Å². The summed E-state index contributed by atoms with van der Waals surface area (Å²) in [5, 5.41) is 3.11. The molecule has 0 bridgehead atoms. The van der Waals surface area contributed by atoms with Gasteiger partial charge < -0.3 is 5.32 Å². The van der Waals surface area contributed by atoms with Crippen molar-refractivity contribution in [2.45, 2.75) is 25.8 Å². The molecule has 1 N–H and O–H groups in total. The van der Waals surface area contributed by atoms with E-state index in [4.69, 9.17) is 0 Å². The Balaban J connectivity index is 2.74. The van der Waals surface area contributed by atoms with Crippen LogP contribution in [0.3, 0.4) is 0 Å². The van der Waals surface area contributed by atoms with Gasteiger partial charge in [0.05, 0.1) is 0 Å². The molecule has 1 atom stereocenters. The van der Waals surface area contributed by atoms with Crippen LogP contribution in [0.1, 0.15) is 30.0 Å². The van der Waals surface area contributed by atoms with Gasteiger partial charge in [-0.1, -0.05) is 6.07 Å². The number of rotatable bonds is 6. The second-order valence-corrected chi connectivity index (χ2v) is 6.87. The molecule has 0 radical (unpaired) electrons. The highest BCUT2D eigenvalue weighted by atomic mass is 32.2. The first-order chi connectivity index (χ1) is 8.33. The summed E-state index contributed by atoms with van der Waals surface area (Å²) in [5.41, 5.74) is 1.90. The van der Waals surface area contributed by atoms with Crippen molar-refractivity contribution in [1.29, 1.82) is 0 Å². The molecule has 0 saturated heterocycles. The summed E-state index contributed by atoms with van der Waals surface area (Å²) in [4.78, 5) is 0. The van der Waals surface area contributed by atoms with Gasteiger partial charge in [0.25, 0.3) is 0 Å². The SMILES string of the molecule is CNC(CCCS(C)(=O)=O)c1cc(F)ccc1C. The fourth-order valence-corrected chi connectivity index (χ4v) is 2.68. The zero-order valence-electron chi connectivity index (χ0n) is 11.0. The number of sulfone groups is 1. The minimum absolute atomic E-state index is 0.0116. The second kappa shape index (κ2) is 6.29. The van der Waals surface area contributed by atoms with E-state index in [0.717, 1.165) is 11.1 Å². The minimum Gasteiger partial charge on any atom is -0.313 e. The maximum atomic E-state index is 13.2. The van der Waals surface area contributed by atoms with Gasteiger partial charge in [-0.15, -0.1) is 0 Å². The van der Waals surface area contributed by atoms with Crippen molar-refractivity contribution in [3.05, 3.63) is 35.1 Å². The van der Waals surface area contributed by atoms with Crippen LogP contribution in [0.25, 0.3) is 0 Å².